The molecule has 0 fully saturated rings. The van der Waals surface area contributed by atoms with Crippen LogP contribution in [0.1, 0.15) is 185 Å². The maximum Gasteiger partial charge on any atom is 0.317 e. The van der Waals surface area contributed by atoms with Gasteiger partial charge in [0.05, 0.1) is 6.54 Å². The van der Waals surface area contributed by atoms with Crippen molar-refractivity contribution in [3.8, 4) is 0 Å². The van der Waals surface area contributed by atoms with E-state index in [-0.39, 0.29) is 6.54 Å². The van der Waals surface area contributed by atoms with Crippen molar-refractivity contribution in [2.24, 2.45) is 0 Å². The van der Waals surface area contributed by atoms with Crippen molar-refractivity contribution in [1.82, 2.24) is 9.80 Å². The number of hydrogen-bond donors (Lipinski definition) is 1. The van der Waals surface area contributed by atoms with Gasteiger partial charge < -0.3 is 10.0 Å². The van der Waals surface area contributed by atoms with Crippen LogP contribution in [0.3, 0.4) is 0 Å². The van der Waals surface area contributed by atoms with Crippen LogP contribution < -0.4 is 0 Å². The normalized spacial score (nSPS) is 9.87. The van der Waals surface area contributed by atoms with Gasteiger partial charge >= 0.3 is 5.97 Å². The lowest BCUT2D eigenvalue weighted by Gasteiger charge is -2.26. The molecule has 0 amide bonds. The minimum Gasteiger partial charge on any atom is -0.480 e. The van der Waals surface area contributed by atoms with Gasteiger partial charge in [-0.05, 0) is 32.5 Å². The molecule has 4 heteroatoms. The molecule has 0 rings (SSSR count). The topological polar surface area (TPSA) is 43.8 Å². The van der Waals surface area contributed by atoms with Crippen molar-refractivity contribution in [2.45, 2.75) is 185 Å². The Balaban J connectivity index is -0.000000300. The first-order chi connectivity index (χ1) is 18.9. The molecular formula is C35H80N2O2. The Hall–Kier alpha value is -0.610. The summed E-state index contributed by atoms with van der Waals surface area (Å²) in [6, 6.07) is 0. The molecule has 0 aromatic rings. The Labute approximate surface area is 250 Å². The van der Waals surface area contributed by atoms with Crippen LogP contribution in [-0.4, -0.2) is 60.1 Å². The van der Waals surface area contributed by atoms with Crippen LogP contribution in [0.4, 0.5) is 0 Å². The highest BCUT2D eigenvalue weighted by Crippen LogP contribution is 2.09. The molecule has 0 heterocycles. The molecule has 242 valence electrons. The molecule has 0 aliphatic carbocycles. The fraction of sp³-hybridized carbons (Fsp3) is 0.971. The number of hydrogen-bond acceptors (Lipinski definition) is 3. The third-order valence-corrected chi connectivity index (χ3v) is 5.69. The van der Waals surface area contributed by atoms with Gasteiger partial charge in [-0.3, -0.25) is 9.69 Å². The van der Waals surface area contributed by atoms with E-state index in [0.717, 1.165) is 39.1 Å². The number of carboxylic acid groups (broad SMARTS) is 1. The summed E-state index contributed by atoms with van der Waals surface area (Å²) in [5, 5.41) is 9.21. The van der Waals surface area contributed by atoms with Crippen LogP contribution in [0.2, 0.25) is 0 Å². The van der Waals surface area contributed by atoms with Gasteiger partial charge in [-0.1, -0.05) is 172 Å². The Morgan fingerprint density at radius 1 is 0.462 bits per heavy atom. The molecule has 0 aliphatic heterocycles. The summed E-state index contributed by atoms with van der Waals surface area (Å²) < 4.78 is 0. The Bertz CT molecular complexity index is 373. The molecular weight excluding hydrogens is 480 g/mol. The number of aliphatic carboxylic acids is 1. The summed E-state index contributed by atoms with van der Waals surface area (Å²) in [6.07, 6.45) is 22.1. The molecule has 0 saturated carbocycles. The van der Waals surface area contributed by atoms with Gasteiger partial charge in [0.25, 0.3) is 0 Å². The lowest BCUT2D eigenvalue weighted by molar-refractivity contribution is -0.138. The van der Waals surface area contributed by atoms with Gasteiger partial charge in [-0.15, -0.1) is 0 Å². The molecule has 0 aliphatic rings. The first-order valence-corrected chi connectivity index (χ1v) is 17.5. The minimum absolute atomic E-state index is 0.185. The van der Waals surface area contributed by atoms with E-state index in [0.29, 0.717) is 0 Å². The molecule has 0 aromatic heterocycles. The van der Waals surface area contributed by atoms with Gasteiger partial charge in [0.1, 0.15) is 0 Å². The smallest absolute Gasteiger partial charge is 0.317 e. The van der Waals surface area contributed by atoms with Crippen molar-refractivity contribution >= 4 is 5.97 Å². The fourth-order valence-electron chi connectivity index (χ4n) is 3.76. The Morgan fingerprint density at radius 3 is 1.05 bits per heavy atom. The zero-order valence-electron chi connectivity index (χ0n) is 29.5. The molecule has 0 radical (unpaired) electrons. The summed E-state index contributed by atoms with van der Waals surface area (Å²) in [5.74, 6) is -0.696. The number of carboxylic acids is 1. The Morgan fingerprint density at radius 2 is 0.744 bits per heavy atom. The second kappa shape index (κ2) is 50.3. The van der Waals surface area contributed by atoms with E-state index in [1.54, 1.807) is 0 Å². The van der Waals surface area contributed by atoms with E-state index < -0.39 is 5.97 Å². The van der Waals surface area contributed by atoms with Crippen LogP contribution in [0.15, 0.2) is 0 Å². The maximum atomic E-state index is 11.2. The van der Waals surface area contributed by atoms with E-state index in [9.17, 15) is 9.90 Å². The second-order valence-corrected chi connectivity index (χ2v) is 10.5. The van der Waals surface area contributed by atoms with Gasteiger partial charge in [0.2, 0.25) is 0 Å². The average molecular weight is 561 g/mol. The van der Waals surface area contributed by atoms with Crippen LogP contribution in [-0.2, 0) is 4.79 Å². The van der Waals surface area contributed by atoms with Crippen molar-refractivity contribution < 1.29 is 9.90 Å². The fourth-order valence-corrected chi connectivity index (χ4v) is 3.76. The summed E-state index contributed by atoms with van der Waals surface area (Å²) in [6.45, 7) is 28.7. The number of nitrogens with zero attached hydrogens (tertiary/aromatic N) is 2. The average Bonchev–Trinajstić information content (AvgIpc) is 2.91. The number of likely N-dealkylation sites (N-methyl/N-ethyl adjacent to an activating group) is 1. The molecule has 39 heavy (non-hydrogen) atoms. The van der Waals surface area contributed by atoms with Crippen molar-refractivity contribution in [2.75, 3.05) is 39.3 Å². The van der Waals surface area contributed by atoms with E-state index in [1.807, 2.05) is 13.8 Å². The summed E-state index contributed by atoms with van der Waals surface area (Å²) in [5.41, 5.74) is 0. The highest BCUT2D eigenvalue weighted by molar-refractivity contribution is 5.69. The molecule has 0 aromatic carbocycles. The first-order valence-electron chi connectivity index (χ1n) is 17.5. The zero-order chi connectivity index (χ0) is 31.0. The van der Waals surface area contributed by atoms with Crippen molar-refractivity contribution in [1.29, 1.82) is 0 Å². The van der Waals surface area contributed by atoms with Crippen molar-refractivity contribution in [3.05, 3.63) is 0 Å². The molecule has 4 nitrogen and oxygen atoms in total. The van der Waals surface area contributed by atoms with E-state index in [1.165, 1.54) is 103 Å². The van der Waals surface area contributed by atoms with E-state index in [4.69, 9.17) is 0 Å². The van der Waals surface area contributed by atoms with Crippen LogP contribution in [0.25, 0.3) is 0 Å². The van der Waals surface area contributed by atoms with E-state index >= 15 is 0 Å². The third-order valence-electron chi connectivity index (χ3n) is 5.69. The SMILES string of the molecule is CC.CCC.CCC.CCC.CCCCCCCCCN(CC)CCN(CCCCCCCCC)CC(=O)O. The van der Waals surface area contributed by atoms with Gasteiger partial charge in [-0.2, -0.15) is 0 Å². The number of rotatable bonds is 22. The van der Waals surface area contributed by atoms with Crippen LogP contribution in [0, 0.1) is 0 Å². The quantitative estimate of drug-likeness (QED) is 0.134. The van der Waals surface area contributed by atoms with E-state index in [2.05, 4.69) is 72.1 Å². The highest BCUT2D eigenvalue weighted by Gasteiger charge is 2.11. The molecule has 0 unspecified atom stereocenters. The number of carbonyl (C=O) groups is 1. The van der Waals surface area contributed by atoms with Crippen molar-refractivity contribution in [3.63, 3.8) is 0 Å². The Kier molecular flexibility index (Phi) is 62.0. The summed E-state index contributed by atoms with van der Waals surface area (Å²) in [7, 11) is 0. The molecule has 1 N–H and O–H groups in total. The molecule has 0 spiro atoms. The minimum atomic E-state index is -0.696. The monoisotopic (exact) mass is 561 g/mol. The lowest BCUT2D eigenvalue weighted by atomic mass is 10.1. The second-order valence-electron chi connectivity index (χ2n) is 10.5. The first kappa shape index (κ1) is 48.1. The lowest BCUT2D eigenvalue weighted by Crippen LogP contribution is -2.38. The number of unbranched alkanes of at least 4 members (excludes halogenated alkanes) is 12. The molecule has 0 atom stereocenters. The van der Waals surface area contributed by atoms with Crippen LogP contribution >= 0.6 is 0 Å². The highest BCUT2D eigenvalue weighted by atomic mass is 16.4. The van der Waals surface area contributed by atoms with Gasteiger partial charge in [-0.25, -0.2) is 0 Å². The predicted octanol–water partition coefficient (Wildman–Crippen LogP) is 11.5. The van der Waals surface area contributed by atoms with Gasteiger partial charge in [0, 0.05) is 13.1 Å². The van der Waals surface area contributed by atoms with Gasteiger partial charge in [0.15, 0.2) is 0 Å². The largest absolute Gasteiger partial charge is 0.480 e. The standard InChI is InChI=1S/C24H50N2O2.3C3H8.C2H6/c1-4-7-9-11-13-15-17-19-25(6-3)21-22-26(23-24(27)28)20-18-16-14-12-10-8-5-2;3*1-3-2;1-2/h4-23H2,1-3H3,(H,27,28);3*3H2,1-2H3;1-2H3. The summed E-state index contributed by atoms with van der Waals surface area (Å²) in [4.78, 5) is 15.8. The van der Waals surface area contributed by atoms with Crippen LogP contribution in [0.5, 0.6) is 0 Å². The summed E-state index contributed by atoms with van der Waals surface area (Å²) >= 11 is 0. The molecule has 0 bridgehead atoms. The molecule has 0 saturated heterocycles. The third kappa shape index (κ3) is 58.1. The maximum absolute atomic E-state index is 11.2. The zero-order valence-corrected chi connectivity index (χ0v) is 29.5. The predicted molar refractivity (Wildman–Crippen MR) is 181 cm³/mol.